The molecule has 0 spiro atoms. The van der Waals surface area contributed by atoms with E-state index in [2.05, 4.69) is 144 Å². The van der Waals surface area contributed by atoms with E-state index in [1.165, 1.54) is 43.1 Å². The molecule has 9 rings (SSSR count). The quantitative estimate of drug-likeness (QED) is 0.209. The number of rotatable bonds is 3. The number of nitrogens with zero attached hydrogens (tertiary/aromatic N) is 1. The Labute approximate surface area is 242 Å². The number of hydrogen-bond donors (Lipinski definition) is 0. The molecule has 0 atom stereocenters. The molecule has 0 fully saturated rings. The van der Waals surface area contributed by atoms with Crippen LogP contribution >= 0.6 is 0 Å². The van der Waals surface area contributed by atoms with Crippen molar-refractivity contribution in [3.05, 3.63) is 152 Å². The zero-order valence-corrected chi connectivity index (χ0v) is 22.8. The maximum atomic E-state index is 6.19. The fourth-order valence-corrected chi connectivity index (χ4v) is 6.63. The second-order valence-corrected chi connectivity index (χ2v) is 11.0. The van der Waals surface area contributed by atoms with Gasteiger partial charge < -0.3 is 9.32 Å². The van der Waals surface area contributed by atoms with E-state index in [-0.39, 0.29) is 0 Å². The van der Waals surface area contributed by atoms with Crippen molar-refractivity contribution in [1.29, 1.82) is 0 Å². The molecule has 0 bridgehead atoms. The standard InChI is InChI=1S/C40H25NO/c1-2-10-28-24-29(18-16-26(28)8-1)41(30-19-23-40-37(25-30)36-12-5-6-15-39(36)42-40)38-14-7-13-32-34-20-17-27-9-3-4-11-31(27)33(34)21-22-35(32)38/h1-25H. The van der Waals surface area contributed by atoms with Crippen LogP contribution in [0.2, 0.25) is 0 Å². The Morgan fingerprint density at radius 1 is 0.333 bits per heavy atom. The Morgan fingerprint density at radius 3 is 1.86 bits per heavy atom. The first-order valence-corrected chi connectivity index (χ1v) is 14.4. The van der Waals surface area contributed by atoms with E-state index in [1.807, 2.05) is 12.1 Å². The molecule has 196 valence electrons. The minimum Gasteiger partial charge on any atom is -0.456 e. The van der Waals surface area contributed by atoms with Gasteiger partial charge in [-0.25, -0.2) is 0 Å². The lowest BCUT2D eigenvalue weighted by atomic mass is 9.96. The van der Waals surface area contributed by atoms with E-state index in [0.29, 0.717) is 0 Å². The molecule has 0 saturated carbocycles. The van der Waals surface area contributed by atoms with Gasteiger partial charge in [-0.2, -0.15) is 0 Å². The first-order valence-electron chi connectivity index (χ1n) is 14.4. The van der Waals surface area contributed by atoms with Gasteiger partial charge in [-0.05, 0) is 80.2 Å². The number of anilines is 3. The molecule has 0 saturated heterocycles. The van der Waals surface area contributed by atoms with Crippen molar-refractivity contribution in [2.24, 2.45) is 0 Å². The first kappa shape index (κ1) is 23.1. The Hall–Kier alpha value is -5.60. The van der Waals surface area contributed by atoms with E-state index in [1.54, 1.807) is 0 Å². The largest absolute Gasteiger partial charge is 0.456 e. The summed E-state index contributed by atoms with van der Waals surface area (Å²) in [5.74, 6) is 0. The average molecular weight is 536 g/mol. The Balaban J connectivity index is 1.34. The summed E-state index contributed by atoms with van der Waals surface area (Å²) in [4.78, 5) is 2.39. The minimum absolute atomic E-state index is 0.897. The second kappa shape index (κ2) is 8.95. The molecule has 1 heterocycles. The third-order valence-electron chi connectivity index (χ3n) is 8.61. The predicted molar refractivity (Wildman–Crippen MR) is 178 cm³/mol. The summed E-state index contributed by atoms with van der Waals surface area (Å²) in [6.07, 6.45) is 0. The van der Waals surface area contributed by atoms with Crippen molar-refractivity contribution in [3.8, 4) is 0 Å². The van der Waals surface area contributed by atoms with Crippen molar-refractivity contribution in [3.63, 3.8) is 0 Å². The third kappa shape index (κ3) is 3.45. The molecule has 0 aliphatic carbocycles. The summed E-state index contributed by atoms with van der Waals surface area (Å²) in [5.41, 5.74) is 5.16. The van der Waals surface area contributed by atoms with Gasteiger partial charge >= 0.3 is 0 Å². The van der Waals surface area contributed by atoms with Crippen LogP contribution < -0.4 is 4.90 Å². The Kier molecular flexibility index (Phi) is 4.93. The lowest BCUT2D eigenvalue weighted by molar-refractivity contribution is 0.669. The van der Waals surface area contributed by atoms with Crippen LogP contribution in [0.5, 0.6) is 0 Å². The molecule has 1 aromatic heterocycles. The summed E-state index contributed by atoms with van der Waals surface area (Å²) < 4.78 is 6.19. The van der Waals surface area contributed by atoms with E-state index < -0.39 is 0 Å². The summed E-state index contributed by atoms with van der Waals surface area (Å²) in [7, 11) is 0. The zero-order valence-electron chi connectivity index (χ0n) is 22.8. The third-order valence-corrected chi connectivity index (χ3v) is 8.61. The highest BCUT2D eigenvalue weighted by Gasteiger charge is 2.19. The molecular weight excluding hydrogens is 510 g/mol. The topological polar surface area (TPSA) is 16.4 Å². The van der Waals surface area contributed by atoms with Crippen LogP contribution in [0.3, 0.4) is 0 Å². The highest BCUT2D eigenvalue weighted by Crippen LogP contribution is 2.43. The van der Waals surface area contributed by atoms with E-state index in [0.717, 1.165) is 39.0 Å². The van der Waals surface area contributed by atoms with E-state index in [4.69, 9.17) is 4.42 Å². The van der Waals surface area contributed by atoms with Crippen molar-refractivity contribution in [1.82, 2.24) is 0 Å². The molecule has 2 heteroatoms. The van der Waals surface area contributed by atoms with Crippen LogP contribution in [0.25, 0.3) is 65.0 Å². The molecule has 42 heavy (non-hydrogen) atoms. The molecule has 0 amide bonds. The molecule has 0 aliphatic rings. The van der Waals surface area contributed by atoms with Gasteiger partial charge in [0.25, 0.3) is 0 Å². The van der Waals surface area contributed by atoms with Gasteiger partial charge in [0, 0.05) is 27.5 Å². The first-order chi connectivity index (χ1) is 20.8. The Bertz CT molecular complexity index is 2490. The number of hydrogen-bond acceptors (Lipinski definition) is 2. The number of para-hydroxylation sites is 1. The molecule has 0 radical (unpaired) electrons. The average Bonchev–Trinajstić information content (AvgIpc) is 3.43. The van der Waals surface area contributed by atoms with Gasteiger partial charge in [0.05, 0.1) is 5.69 Å². The second-order valence-electron chi connectivity index (χ2n) is 11.0. The van der Waals surface area contributed by atoms with Gasteiger partial charge in [-0.15, -0.1) is 0 Å². The van der Waals surface area contributed by atoms with Crippen LogP contribution in [-0.2, 0) is 0 Å². The van der Waals surface area contributed by atoms with Gasteiger partial charge in [-0.1, -0.05) is 109 Å². The highest BCUT2D eigenvalue weighted by molar-refractivity contribution is 6.20. The fraction of sp³-hybridized carbons (Fsp3) is 0. The van der Waals surface area contributed by atoms with Gasteiger partial charge in [-0.3, -0.25) is 0 Å². The van der Waals surface area contributed by atoms with Crippen LogP contribution in [0.1, 0.15) is 0 Å². The van der Waals surface area contributed by atoms with Gasteiger partial charge in [0.1, 0.15) is 11.2 Å². The SMILES string of the molecule is c1ccc2cc(N(c3ccc4oc5ccccc5c4c3)c3cccc4c3ccc3c5ccccc5ccc43)ccc2c1. The van der Waals surface area contributed by atoms with E-state index in [9.17, 15) is 0 Å². The molecule has 2 nitrogen and oxygen atoms in total. The molecule has 9 aromatic rings. The van der Waals surface area contributed by atoms with Crippen molar-refractivity contribution < 1.29 is 4.42 Å². The summed E-state index contributed by atoms with van der Waals surface area (Å²) in [6.45, 7) is 0. The summed E-state index contributed by atoms with van der Waals surface area (Å²) in [5, 5.41) is 12.2. The summed E-state index contributed by atoms with van der Waals surface area (Å²) >= 11 is 0. The van der Waals surface area contributed by atoms with Crippen LogP contribution in [-0.4, -0.2) is 0 Å². The normalized spacial score (nSPS) is 11.8. The van der Waals surface area contributed by atoms with E-state index >= 15 is 0 Å². The highest BCUT2D eigenvalue weighted by atomic mass is 16.3. The predicted octanol–water partition coefficient (Wildman–Crippen LogP) is 11.7. The van der Waals surface area contributed by atoms with Crippen molar-refractivity contribution in [2.45, 2.75) is 0 Å². The minimum atomic E-state index is 0.897. The van der Waals surface area contributed by atoms with Crippen LogP contribution in [0, 0.1) is 0 Å². The molecule has 8 aromatic carbocycles. The lowest BCUT2D eigenvalue weighted by Gasteiger charge is -2.27. The Morgan fingerprint density at radius 2 is 0.929 bits per heavy atom. The molecule has 0 aliphatic heterocycles. The van der Waals surface area contributed by atoms with Crippen LogP contribution in [0.15, 0.2) is 156 Å². The number of fused-ring (bicyclic) bond motifs is 9. The zero-order chi connectivity index (χ0) is 27.6. The lowest BCUT2D eigenvalue weighted by Crippen LogP contribution is -2.10. The monoisotopic (exact) mass is 535 g/mol. The maximum Gasteiger partial charge on any atom is 0.135 e. The molecular formula is C40H25NO. The molecule has 0 unspecified atom stereocenters. The van der Waals surface area contributed by atoms with Crippen LogP contribution in [0.4, 0.5) is 17.1 Å². The molecule has 0 N–H and O–H groups in total. The van der Waals surface area contributed by atoms with Gasteiger partial charge in [0.2, 0.25) is 0 Å². The smallest absolute Gasteiger partial charge is 0.135 e. The van der Waals surface area contributed by atoms with Crippen molar-refractivity contribution >= 4 is 82.1 Å². The number of furan rings is 1. The number of benzene rings is 8. The van der Waals surface area contributed by atoms with Crippen molar-refractivity contribution in [2.75, 3.05) is 4.90 Å². The maximum absolute atomic E-state index is 6.19. The fourth-order valence-electron chi connectivity index (χ4n) is 6.63. The van der Waals surface area contributed by atoms with Gasteiger partial charge in [0.15, 0.2) is 0 Å². The summed E-state index contributed by atoms with van der Waals surface area (Å²) in [6, 6.07) is 54.5.